The van der Waals surface area contributed by atoms with Crippen molar-refractivity contribution >= 4 is 5.91 Å². The molecule has 3 nitrogen and oxygen atoms in total. The van der Waals surface area contributed by atoms with E-state index >= 15 is 0 Å². The maximum atomic E-state index is 12.4. The van der Waals surface area contributed by atoms with Crippen molar-refractivity contribution < 1.29 is 22.7 Å². The molecular formula is C12H12F3NO2. The van der Waals surface area contributed by atoms with Crippen molar-refractivity contribution in [3.63, 3.8) is 0 Å². The zero-order chi connectivity index (χ0) is 13.3. The molecule has 0 saturated heterocycles. The zero-order valence-electron chi connectivity index (χ0n) is 9.75. The molecule has 0 radical (unpaired) electrons. The molecule has 0 unspecified atom stereocenters. The maximum Gasteiger partial charge on any atom is 0.471 e. The van der Waals surface area contributed by atoms with E-state index in [0.29, 0.717) is 17.7 Å². The summed E-state index contributed by atoms with van der Waals surface area (Å²) in [5, 5.41) is 0. The van der Waals surface area contributed by atoms with Crippen molar-refractivity contribution in [2.24, 2.45) is 0 Å². The number of halogens is 3. The Morgan fingerprint density at radius 2 is 2.11 bits per heavy atom. The lowest BCUT2D eigenvalue weighted by atomic mass is 9.99. The average Bonchev–Trinajstić information content (AvgIpc) is 2.35. The molecular weight excluding hydrogens is 247 g/mol. The highest BCUT2D eigenvalue weighted by Crippen LogP contribution is 2.30. The summed E-state index contributed by atoms with van der Waals surface area (Å²) in [5.74, 6) is -1.27. The van der Waals surface area contributed by atoms with Crippen molar-refractivity contribution in [3.8, 4) is 5.75 Å². The summed E-state index contributed by atoms with van der Waals surface area (Å²) in [6.45, 7) is 0.0240. The second-order valence-corrected chi connectivity index (χ2v) is 4.07. The number of ether oxygens (including phenoxy) is 1. The summed E-state index contributed by atoms with van der Waals surface area (Å²) in [6.07, 6.45) is -4.41. The van der Waals surface area contributed by atoms with E-state index < -0.39 is 12.1 Å². The number of fused-ring (bicyclic) bond motifs is 1. The predicted molar refractivity (Wildman–Crippen MR) is 58.2 cm³/mol. The Morgan fingerprint density at radius 3 is 2.72 bits per heavy atom. The van der Waals surface area contributed by atoms with E-state index in [2.05, 4.69) is 0 Å². The van der Waals surface area contributed by atoms with E-state index in [1.807, 2.05) is 6.07 Å². The van der Waals surface area contributed by atoms with E-state index in [1.165, 1.54) is 7.11 Å². The molecule has 0 aliphatic carbocycles. The summed E-state index contributed by atoms with van der Waals surface area (Å²) in [5.41, 5.74) is 1.59. The number of hydrogen-bond acceptors (Lipinski definition) is 2. The molecule has 1 aromatic rings. The molecule has 0 fully saturated rings. The Morgan fingerprint density at radius 1 is 1.39 bits per heavy atom. The lowest BCUT2D eigenvalue weighted by Crippen LogP contribution is -2.43. The summed E-state index contributed by atoms with van der Waals surface area (Å²) < 4.78 is 42.2. The third-order valence-electron chi connectivity index (χ3n) is 2.98. The molecule has 6 heteroatoms. The van der Waals surface area contributed by atoms with Gasteiger partial charge in [0.1, 0.15) is 5.75 Å². The Labute approximate surface area is 102 Å². The first-order valence-electron chi connectivity index (χ1n) is 5.44. The fourth-order valence-corrected chi connectivity index (χ4v) is 2.09. The Bertz CT molecular complexity index is 457. The summed E-state index contributed by atoms with van der Waals surface area (Å²) in [6, 6.07) is 5.31. The van der Waals surface area contributed by atoms with Crippen LogP contribution in [0, 0.1) is 0 Å². The van der Waals surface area contributed by atoms with Crippen molar-refractivity contribution in [2.75, 3.05) is 13.7 Å². The minimum absolute atomic E-state index is 0.0578. The summed E-state index contributed by atoms with van der Waals surface area (Å²) in [4.78, 5) is 12.0. The number of amides is 1. The summed E-state index contributed by atoms with van der Waals surface area (Å²) in [7, 11) is 1.46. The lowest BCUT2D eigenvalue weighted by Gasteiger charge is -2.30. The standard InChI is InChI=1S/C12H12F3NO2/c1-18-10-4-2-3-8-5-6-16(7-9(8)10)11(17)12(13,14)15/h2-4H,5-7H2,1H3. The first-order valence-corrected chi connectivity index (χ1v) is 5.44. The number of hydrogen-bond donors (Lipinski definition) is 0. The minimum Gasteiger partial charge on any atom is -0.496 e. The van der Waals surface area contributed by atoms with Crippen molar-refractivity contribution in [1.82, 2.24) is 4.90 Å². The van der Waals surface area contributed by atoms with Gasteiger partial charge in [0.2, 0.25) is 0 Å². The number of carbonyl (C=O) groups excluding carboxylic acids is 1. The second-order valence-electron chi connectivity index (χ2n) is 4.07. The second kappa shape index (κ2) is 4.51. The van der Waals surface area contributed by atoms with Crippen LogP contribution in [-0.2, 0) is 17.8 Å². The molecule has 18 heavy (non-hydrogen) atoms. The van der Waals surface area contributed by atoms with Crippen LogP contribution in [0.3, 0.4) is 0 Å². The van der Waals surface area contributed by atoms with Crippen LogP contribution in [-0.4, -0.2) is 30.6 Å². The fourth-order valence-electron chi connectivity index (χ4n) is 2.09. The molecule has 98 valence electrons. The predicted octanol–water partition coefficient (Wildman–Crippen LogP) is 2.14. The van der Waals surface area contributed by atoms with Gasteiger partial charge in [0.25, 0.3) is 0 Å². The van der Waals surface area contributed by atoms with E-state index in [4.69, 9.17) is 4.74 Å². The van der Waals surface area contributed by atoms with Crippen molar-refractivity contribution in [1.29, 1.82) is 0 Å². The van der Waals surface area contributed by atoms with Gasteiger partial charge in [-0.3, -0.25) is 4.79 Å². The zero-order valence-corrected chi connectivity index (χ0v) is 9.75. The van der Waals surface area contributed by atoms with Crippen LogP contribution in [0.4, 0.5) is 13.2 Å². The van der Waals surface area contributed by atoms with Crippen LogP contribution in [0.2, 0.25) is 0 Å². The first kappa shape index (κ1) is 12.7. The van der Waals surface area contributed by atoms with Gasteiger partial charge < -0.3 is 9.64 Å². The van der Waals surface area contributed by atoms with Gasteiger partial charge in [0.05, 0.1) is 7.11 Å². The number of nitrogens with zero attached hydrogens (tertiary/aromatic N) is 1. The van der Waals surface area contributed by atoms with E-state index in [0.717, 1.165) is 10.5 Å². The largest absolute Gasteiger partial charge is 0.496 e. The minimum atomic E-state index is -4.82. The number of benzene rings is 1. The molecule has 2 rings (SSSR count). The van der Waals surface area contributed by atoms with E-state index in [9.17, 15) is 18.0 Å². The molecule has 0 atom stereocenters. The third kappa shape index (κ3) is 2.27. The molecule has 0 spiro atoms. The SMILES string of the molecule is COc1cccc2c1CN(C(=O)C(F)(F)F)CC2. The third-order valence-corrected chi connectivity index (χ3v) is 2.98. The van der Waals surface area contributed by atoms with Crippen LogP contribution in [0.1, 0.15) is 11.1 Å². The van der Waals surface area contributed by atoms with Gasteiger partial charge in [0.15, 0.2) is 0 Å². The quantitative estimate of drug-likeness (QED) is 0.773. The van der Waals surface area contributed by atoms with Crippen LogP contribution in [0.5, 0.6) is 5.75 Å². The van der Waals surface area contributed by atoms with Crippen LogP contribution in [0.15, 0.2) is 18.2 Å². The fraction of sp³-hybridized carbons (Fsp3) is 0.417. The molecule has 1 aliphatic heterocycles. The van der Waals surface area contributed by atoms with Gasteiger partial charge in [-0.25, -0.2) is 0 Å². The normalized spacial score (nSPS) is 15.2. The van der Waals surface area contributed by atoms with Crippen molar-refractivity contribution in [3.05, 3.63) is 29.3 Å². The van der Waals surface area contributed by atoms with Gasteiger partial charge in [-0.1, -0.05) is 12.1 Å². The number of carbonyl (C=O) groups is 1. The molecule has 0 bridgehead atoms. The monoisotopic (exact) mass is 259 g/mol. The summed E-state index contributed by atoms with van der Waals surface area (Å²) >= 11 is 0. The molecule has 1 heterocycles. The smallest absolute Gasteiger partial charge is 0.471 e. The van der Waals surface area contributed by atoms with Gasteiger partial charge in [-0.05, 0) is 18.1 Å². The highest BCUT2D eigenvalue weighted by molar-refractivity contribution is 5.82. The number of rotatable bonds is 1. The van der Waals surface area contributed by atoms with Gasteiger partial charge in [0, 0.05) is 18.7 Å². The Kier molecular flexibility index (Phi) is 3.19. The molecule has 1 aliphatic rings. The van der Waals surface area contributed by atoms with Crippen molar-refractivity contribution in [2.45, 2.75) is 19.1 Å². The van der Waals surface area contributed by atoms with Crippen LogP contribution < -0.4 is 4.74 Å². The molecule has 0 saturated carbocycles. The Balaban J connectivity index is 2.27. The van der Waals surface area contributed by atoms with E-state index in [-0.39, 0.29) is 13.1 Å². The average molecular weight is 259 g/mol. The molecule has 0 N–H and O–H groups in total. The van der Waals surface area contributed by atoms with Gasteiger partial charge in [-0.15, -0.1) is 0 Å². The van der Waals surface area contributed by atoms with Crippen LogP contribution in [0.25, 0.3) is 0 Å². The number of alkyl halides is 3. The Hall–Kier alpha value is -1.72. The lowest BCUT2D eigenvalue weighted by molar-refractivity contribution is -0.186. The number of methoxy groups -OCH3 is 1. The molecule has 1 amide bonds. The van der Waals surface area contributed by atoms with E-state index in [1.54, 1.807) is 12.1 Å². The van der Waals surface area contributed by atoms with Crippen LogP contribution >= 0.6 is 0 Å². The molecule has 0 aromatic heterocycles. The highest BCUT2D eigenvalue weighted by atomic mass is 19.4. The highest BCUT2D eigenvalue weighted by Gasteiger charge is 2.43. The maximum absolute atomic E-state index is 12.4. The van der Waals surface area contributed by atoms with Gasteiger partial charge in [-0.2, -0.15) is 13.2 Å². The first-order chi connectivity index (χ1) is 8.43. The topological polar surface area (TPSA) is 29.5 Å². The van der Waals surface area contributed by atoms with Gasteiger partial charge >= 0.3 is 12.1 Å². The molecule has 1 aromatic carbocycles.